The highest BCUT2D eigenvalue weighted by atomic mass is 79.9. The van der Waals surface area contributed by atoms with Gasteiger partial charge >= 0.3 is 0 Å². The summed E-state index contributed by atoms with van der Waals surface area (Å²) in [5.41, 5.74) is 0.754. The van der Waals surface area contributed by atoms with E-state index in [0.717, 1.165) is 10.2 Å². The molecule has 3 nitrogen and oxygen atoms in total. The Hall–Kier alpha value is -0.740. The van der Waals surface area contributed by atoms with Crippen LogP contribution in [0.15, 0.2) is 22.8 Å². The van der Waals surface area contributed by atoms with Crippen molar-refractivity contribution >= 4 is 21.7 Å². The molecule has 0 atom stereocenters. The maximum Gasteiger partial charge on any atom is 0.164 e. The van der Waals surface area contributed by atoms with Crippen molar-refractivity contribution in [2.24, 2.45) is 0 Å². The molecular weight excluding hydrogens is 234 g/mol. The molecule has 0 aromatic carbocycles. The summed E-state index contributed by atoms with van der Waals surface area (Å²) in [5, 5.41) is 0. The van der Waals surface area contributed by atoms with Gasteiger partial charge in [0.1, 0.15) is 6.61 Å². The molecule has 0 aliphatic carbocycles. The van der Waals surface area contributed by atoms with Gasteiger partial charge in [0.05, 0.1) is 12.1 Å². The molecular formula is C9H10BrNO2. The van der Waals surface area contributed by atoms with E-state index < -0.39 is 0 Å². The van der Waals surface area contributed by atoms with Gasteiger partial charge in [-0.05, 0) is 28.1 Å². The average molecular weight is 244 g/mol. The number of rotatable bonds is 4. The van der Waals surface area contributed by atoms with Gasteiger partial charge in [-0.2, -0.15) is 0 Å². The number of halogens is 1. The first-order chi connectivity index (χ1) is 6.24. The van der Waals surface area contributed by atoms with Gasteiger partial charge in [-0.15, -0.1) is 0 Å². The molecule has 70 valence electrons. The molecule has 13 heavy (non-hydrogen) atoms. The molecule has 1 rings (SSSR count). The second kappa shape index (κ2) is 5.09. The van der Waals surface area contributed by atoms with Gasteiger partial charge in [0.15, 0.2) is 5.78 Å². The first-order valence-corrected chi connectivity index (χ1v) is 4.63. The lowest BCUT2D eigenvalue weighted by Gasteiger charge is -2.01. The lowest BCUT2D eigenvalue weighted by molar-refractivity contribution is -0.122. The highest BCUT2D eigenvalue weighted by Gasteiger charge is 2.06. The van der Waals surface area contributed by atoms with Crippen LogP contribution in [-0.4, -0.2) is 24.5 Å². The van der Waals surface area contributed by atoms with E-state index in [1.807, 2.05) is 12.1 Å². The highest BCUT2D eigenvalue weighted by molar-refractivity contribution is 9.10. The normalized spacial score (nSPS) is 10.0. The summed E-state index contributed by atoms with van der Waals surface area (Å²) in [6.45, 7) is 0.142. The molecule has 0 bridgehead atoms. The zero-order chi connectivity index (χ0) is 9.68. The minimum Gasteiger partial charge on any atom is -0.377 e. The van der Waals surface area contributed by atoms with Crippen molar-refractivity contribution in [1.82, 2.24) is 4.98 Å². The van der Waals surface area contributed by atoms with Crippen LogP contribution < -0.4 is 0 Å². The molecule has 0 N–H and O–H groups in total. The molecule has 0 spiro atoms. The summed E-state index contributed by atoms with van der Waals surface area (Å²) in [5.74, 6) is 0.0295. The summed E-state index contributed by atoms with van der Waals surface area (Å²) >= 11 is 3.32. The zero-order valence-electron chi connectivity index (χ0n) is 7.29. The van der Waals surface area contributed by atoms with Crippen LogP contribution in [0.3, 0.4) is 0 Å². The maximum absolute atomic E-state index is 11.2. The first-order valence-electron chi connectivity index (χ1n) is 3.84. The Kier molecular flexibility index (Phi) is 4.05. The van der Waals surface area contributed by atoms with Crippen LogP contribution in [0.2, 0.25) is 0 Å². The van der Waals surface area contributed by atoms with Gasteiger partial charge in [0.25, 0.3) is 0 Å². The van der Waals surface area contributed by atoms with E-state index in [1.165, 1.54) is 7.11 Å². The average Bonchev–Trinajstić information content (AvgIpc) is 2.09. The summed E-state index contributed by atoms with van der Waals surface area (Å²) in [7, 11) is 1.51. The Labute approximate surface area is 85.3 Å². The van der Waals surface area contributed by atoms with Gasteiger partial charge in [-0.1, -0.05) is 0 Å². The standard InChI is InChI=1S/C9H10BrNO2/c1-13-6-7(12)5-9-8(10)3-2-4-11-9/h2-4H,5-6H2,1H3. The topological polar surface area (TPSA) is 39.2 Å². The van der Waals surface area contributed by atoms with Gasteiger partial charge in [0, 0.05) is 17.8 Å². The van der Waals surface area contributed by atoms with Gasteiger partial charge in [0.2, 0.25) is 0 Å². The number of hydrogen-bond acceptors (Lipinski definition) is 3. The number of methoxy groups -OCH3 is 1. The third-order valence-electron chi connectivity index (χ3n) is 1.50. The number of hydrogen-bond donors (Lipinski definition) is 0. The van der Waals surface area contributed by atoms with Crippen molar-refractivity contribution in [3.8, 4) is 0 Å². The zero-order valence-corrected chi connectivity index (χ0v) is 8.87. The third-order valence-corrected chi connectivity index (χ3v) is 2.23. The van der Waals surface area contributed by atoms with E-state index in [-0.39, 0.29) is 12.4 Å². The highest BCUT2D eigenvalue weighted by Crippen LogP contribution is 2.13. The van der Waals surface area contributed by atoms with E-state index in [2.05, 4.69) is 20.9 Å². The number of nitrogens with zero attached hydrogens (tertiary/aromatic N) is 1. The Morgan fingerprint density at radius 2 is 2.46 bits per heavy atom. The van der Waals surface area contributed by atoms with Crippen molar-refractivity contribution in [2.45, 2.75) is 6.42 Å². The summed E-state index contributed by atoms with van der Waals surface area (Å²) in [6.07, 6.45) is 1.98. The molecule has 0 aliphatic heterocycles. The van der Waals surface area contributed by atoms with Crippen LogP contribution in [-0.2, 0) is 16.0 Å². The molecule has 4 heteroatoms. The molecule has 0 saturated heterocycles. The summed E-state index contributed by atoms with van der Waals surface area (Å²) in [4.78, 5) is 15.3. The summed E-state index contributed by atoms with van der Waals surface area (Å²) < 4.78 is 5.58. The molecule has 0 unspecified atom stereocenters. The van der Waals surface area contributed by atoms with Crippen molar-refractivity contribution in [3.63, 3.8) is 0 Å². The lowest BCUT2D eigenvalue weighted by atomic mass is 10.2. The van der Waals surface area contributed by atoms with E-state index in [1.54, 1.807) is 6.20 Å². The van der Waals surface area contributed by atoms with Crippen LogP contribution in [0.5, 0.6) is 0 Å². The second-order valence-corrected chi connectivity index (χ2v) is 3.43. The number of Topliss-reactive ketones (excluding diaryl/α,β-unsaturated/α-hetero) is 1. The van der Waals surface area contributed by atoms with Crippen LogP contribution in [0.25, 0.3) is 0 Å². The molecule has 1 heterocycles. The maximum atomic E-state index is 11.2. The number of ketones is 1. The molecule has 1 aromatic rings. The second-order valence-electron chi connectivity index (χ2n) is 2.58. The van der Waals surface area contributed by atoms with Gasteiger partial charge in [-0.25, -0.2) is 0 Å². The fourth-order valence-corrected chi connectivity index (χ4v) is 1.34. The Morgan fingerprint density at radius 1 is 1.69 bits per heavy atom. The van der Waals surface area contributed by atoms with E-state index in [4.69, 9.17) is 4.74 Å². The SMILES string of the molecule is COCC(=O)Cc1ncccc1Br. The van der Waals surface area contributed by atoms with Crippen molar-refractivity contribution in [1.29, 1.82) is 0 Å². The van der Waals surface area contributed by atoms with Crippen molar-refractivity contribution in [3.05, 3.63) is 28.5 Å². The van der Waals surface area contributed by atoms with Crippen molar-refractivity contribution in [2.75, 3.05) is 13.7 Å². The third kappa shape index (κ3) is 3.24. The van der Waals surface area contributed by atoms with E-state index >= 15 is 0 Å². The van der Waals surface area contributed by atoms with Gasteiger partial charge in [-0.3, -0.25) is 9.78 Å². The Balaban J connectivity index is 2.63. The quantitative estimate of drug-likeness (QED) is 0.807. The fraction of sp³-hybridized carbons (Fsp3) is 0.333. The molecule has 0 radical (unpaired) electrons. The first kappa shape index (κ1) is 10.3. The predicted molar refractivity (Wildman–Crippen MR) is 52.5 cm³/mol. The number of aromatic nitrogens is 1. The molecule has 0 fully saturated rings. The van der Waals surface area contributed by atoms with Crippen LogP contribution >= 0.6 is 15.9 Å². The molecule has 1 aromatic heterocycles. The number of pyridine rings is 1. The largest absolute Gasteiger partial charge is 0.377 e. The van der Waals surface area contributed by atoms with Crippen molar-refractivity contribution < 1.29 is 9.53 Å². The predicted octanol–water partition coefficient (Wildman–Crippen LogP) is 1.60. The van der Waals surface area contributed by atoms with Crippen LogP contribution in [0, 0.1) is 0 Å². The lowest BCUT2D eigenvalue weighted by Crippen LogP contribution is -2.10. The molecule has 0 aliphatic rings. The molecule has 0 saturated carbocycles. The Morgan fingerprint density at radius 3 is 3.08 bits per heavy atom. The minimum absolute atomic E-state index is 0.0295. The van der Waals surface area contributed by atoms with Crippen LogP contribution in [0.1, 0.15) is 5.69 Å². The molecule has 0 amide bonds. The number of carbonyl (C=O) groups is 1. The monoisotopic (exact) mass is 243 g/mol. The summed E-state index contributed by atoms with van der Waals surface area (Å²) in [6, 6.07) is 3.68. The van der Waals surface area contributed by atoms with Crippen LogP contribution in [0.4, 0.5) is 0 Å². The van der Waals surface area contributed by atoms with Gasteiger partial charge < -0.3 is 4.74 Å². The van der Waals surface area contributed by atoms with E-state index in [9.17, 15) is 4.79 Å². The minimum atomic E-state index is 0.0295. The Bertz CT molecular complexity index is 301. The fourth-order valence-electron chi connectivity index (χ4n) is 0.947. The smallest absolute Gasteiger partial charge is 0.164 e. The van der Waals surface area contributed by atoms with E-state index in [0.29, 0.717) is 6.42 Å². The number of carbonyl (C=O) groups excluding carboxylic acids is 1. The number of ether oxygens (including phenoxy) is 1.